The number of hydrogen-bond donors (Lipinski definition) is 1. The van der Waals surface area contributed by atoms with Gasteiger partial charge in [0.15, 0.2) is 0 Å². The van der Waals surface area contributed by atoms with Crippen molar-refractivity contribution in [3.8, 4) is 0 Å². The molecule has 1 aromatic heterocycles. The Morgan fingerprint density at radius 2 is 2.33 bits per heavy atom. The lowest BCUT2D eigenvalue weighted by Crippen LogP contribution is -2.32. The summed E-state index contributed by atoms with van der Waals surface area (Å²) < 4.78 is 0. The number of thiophene rings is 1. The summed E-state index contributed by atoms with van der Waals surface area (Å²) in [6.45, 7) is 5.65. The van der Waals surface area contributed by atoms with E-state index in [9.17, 15) is 0 Å². The topological polar surface area (TPSA) is 12.0 Å². The summed E-state index contributed by atoms with van der Waals surface area (Å²) in [5, 5.41) is 5.90. The summed E-state index contributed by atoms with van der Waals surface area (Å²) in [7, 11) is 0. The molecule has 1 N–H and O–H groups in total. The maximum Gasteiger partial charge on any atom is 0.0304 e. The van der Waals surface area contributed by atoms with Crippen LogP contribution in [0.5, 0.6) is 0 Å². The molecular formula is C13H21NS. The normalized spacial score (nSPS) is 26.8. The summed E-state index contributed by atoms with van der Waals surface area (Å²) in [5.74, 6) is 0.917. The van der Waals surface area contributed by atoms with Gasteiger partial charge in [0.2, 0.25) is 0 Å². The molecule has 0 amide bonds. The van der Waals surface area contributed by atoms with E-state index in [4.69, 9.17) is 0 Å². The SMILES string of the molecule is Cc1ccsc1CNC1CCCC(C)C1. The summed E-state index contributed by atoms with van der Waals surface area (Å²) in [6, 6.07) is 2.97. The Balaban J connectivity index is 1.80. The van der Waals surface area contributed by atoms with Crippen molar-refractivity contribution in [2.75, 3.05) is 0 Å². The van der Waals surface area contributed by atoms with Crippen molar-refractivity contribution in [2.45, 2.75) is 52.1 Å². The van der Waals surface area contributed by atoms with Gasteiger partial charge in [-0.25, -0.2) is 0 Å². The molecule has 1 heterocycles. The van der Waals surface area contributed by atoms with Crippen LogP contribution in [-0.2, 0) is 6.54 Å². The monoisotopic (exact) mass is 223 g/mol. The van der Waals surface area contributed by atoms with Gasteiger partial charge in [-0.15, -0.1) is 11.3 Å². The largest absolute Gasteiger partial charge is 0.309 e. The number of rotatable bonds is 3. The molecule has 0 spiro atoms. The van der Waals surface area contributed by atoms with Gasteiger partial charge in [-0.1, -0.05) is 19.8 Å². The lowest BCUT2D eigenvalue weighted by atomic mass is 9.87. The predicted octanol–water partition coefficient (Wildman–Crippen LogP) is 3.72. The van der Waals surface area contributed by atoms with Gasteiger partial charge >= 0.3 is 0 Å². The van der Waals surface area contributed by atoms with Crippen LogP contribution in [-0.4, -0.2) is 6.04 Å². The van der Waals surface area contributed by atoms with Gasteiger partial charge in [0.25, 0.3) is 0 Å². The quantitative estimate of drug-likeness (QED) is 0.823. The molecule has 2 unspecified atom stereocenters. The minimum atomic E-state index is 0.759. The highest BCUT2D eigenvalue weighted by Crippen LogP contribution is 2.24. The third kappa shape index (κ3) is 3.05. The fourth-order valence-corrected chi connectivity index (χ4v) is 3.30. The molecule has 1 nitrogen and oxygen atoms in total. The Bertz CT molecular complexity index is 305. The van der Waals surface area contributed by atoms with Crippen LogP contribution in [0.3, 0.4) is 0 Å². The molecule has 1 saturated carbocycles. The molecular weight excluding hydrogens is 202 g/mol. The third-order valence-electron chi connectivity index (χ3n) is 3.46. The minimum Gasteiger partial charge on any atom is -0.309 e. The van der Waals surface area contributed by atoms with E-state index >= 15 is 0 Å². The summed E-state index contributed by atoms with van der Waals surface area (Å²) in [5.41, 5.74) is 1.44. The number of aryl methyl sites for hydroxylation is 1. The van der Waals surface area contributed by atoms with Crippen LogP contribution in [0.2, 0.25) is 0 Å². The Labute approximate surface area is 96.9 Å². The Kier molecular flexibility index (Phi) is 3.81. The van der Waals surface area contributed by atoms with E-state index in [1.54, 1.807) is 0 Å². The van der Waals surface area contributed by atoms with Gasteiger partial charge in [0.05, 0.1) is 0 Å². The molecule has 0 saturated heterocycles. The standard InChI is InChI=1S/C13H21NS/c1-10-4-3-5-12(8-10)14-9-13-11(2)6-7-15-13/h6-7,10,12,14H,3-5,8-9H2,1-2H3. The Morgan fingerprint density at radius 3 is 3.00 bits per heavy atom. The van der Waals surface area contributed by atoms with Crippen molar-refractivity contribution in [2.24, 2.45) is 5.92 Å². The summed E-state index contributed by atoms with van der Waals surface area (Å²) in [4.78, 5) is 1.51. The van der Waals surface area contributed by atoms with E-state index in [0.29, 0.717) is 0 Å². The van der Waals surface area contributed by atoms with Crippen molar-refractivity contribution in [1.29, 1.82) is 0 Å². The Morgan fingerprint density at radius 1 is 1.47 bits per heavy atom. The average molecular weight is 223 g/mol. The average Bonchev–Trinajstić information content (AvgIpc) is 2.61. The van der Waals surface area contributed by atoms with Crippen molar-refractivity contribution < 1.29 is 0 Å². The summed E-state index contributed by atoms with van der Waals surface area (Å²) >= 11 is 1.88. The molecule has 2 rings (SSSR count). The molecule has 1 aliphatic rings. The first-order chi connectivity index (χ1) is 7.25. The second kappa shape index (κ2) is 5.13. The van der Waals surface area contributed by atoms with E-state index in [1.165, 1.54) is 36.1 Å². The second-order valence-electron chi connectivity index (χ2n) is 4.88. The molecule has 84 valence electrons. The lowest BCUT2D eigenvalue weighted by Gasteiger charge is -2.27. The number of nitrogens with one attached hydrogen (secondary N) is 1. The highest BCUT2D eigenvalue weighted by atomic mass is 32.1. The molecule has 15 heavy (non-hydrogen) atoms. The van der Waals surface area contributed by atoms with Gasteiger partial charge in [0.1, 0.15) is 0 Å². The van der Waals surface area contributed by atoms with Crippen LogP contribution in [0.4, 0.5) is 0 Å². The first-order valence-corrected chi connectivity index (χ1v) is 6.90. The van der Waals surface area contributed by atoms with Crippen molar-refractivity contribution >= 4 is 11.3 Å². The van der Waals surface area contributed by atoms with Crippen molar-refractivity contribution in [3.63, 3.8) is 0 Å². The fourth-order valence-electron chi connectivity index (χ4n) is 2.44. The maximum absolute atomic E-state index is 3.71. The molecule has 1 aromatic rings. The molecule has 0 bridgehead atoms. The first kappa shape index (κ1) is 11.2. The van der Waals surface area contributed by atoms with Gasteiger partial charge < -0.3 is 5.32 Å². The molecule has 0 aromatic carbocycles. The highest BCUT2D eigenvalue weighted by Gasteiger charge is 2.18. The van der Waals surface area contributed by atoms with Crippen molar-refractivity contribution in [3.05, 3.63) is 21.9 Å². The van der Waals surface area contributed by atoms with E-state index in [-0.39, 0.29) is 0 Å². The zero-order valence-corrected chi connectivity index (χ0v) is 10.6. The molecule has 1 aliphatic carbocycles. The molecule has 2 heteroatoms. The maximum atomic E-state index is 3.71. The zero-order valence-electron chi connectivity index (χ0n) is 9.75. The number of hydrogen-bond acceptors (Lipinski definition) is 2. The molecule has 2 atom stereocenters. The van der Waals surface area contributed by atoms with Crippen LogP contribution in [0, 0.1) is 12.8 Å². The van der Waals surface area contributed by atoms with Crippen molar-refractivity contribution in [1.82, 2.24) is 5.32 Å². The van der Waals surface area contributed by atoms with Crippen LogP contribution < -0.4 is 5.32 Å². The third-order valence-corrected chi connectivity index (χ3v) is 4.48. The molecule has 1 fully saturated rings. The van der Waals surface area contributed by atoms with E-state index in [1.807, 2.05) is 11.3 Å². The highest BCUT2D eigenvalue weighted by molar-refractivity contribution is 7.10. The minimum absolute atomic E-state index is 0.759. The van der Waals surface area contributed by atoms with Gasteiger partial charge in [-0.05, 0) is 42.7 Å². The first-order valence-electron chi connectivity index (χ1n) is 6.02. The van der Waals surface area contributed by atoms with Gasteiger partial charge in [-0.2, -0.15) is 0 Å². The lowest BCUT2D eigenvalue weighted by molar-refractivity contribution is 0.301. The van der Waals surface area contributed by atoms with E-state index in [2.05, 4.69) is 30.6 Å². The zero-order chi connectivity index (χ0) is 10.7. The van der Waals surface area contributed by atoms with E-state index in [0.717, 1.165) is 18.5 Å². The van der Waals surface area contributed by atoms with Crippen LogP contribution in [0.15, 0.2) is 11.4 Å². The summed E-state index contributed by atoms with van der Waals surface area (Å²) in [6.07, 6.45) is 5.57. The van der Waals surface area contributed by atoms with Crippen LogP contribution >= 0.6 is 11.3 Å². The molecule has 0 radical (unpaired) electrons. The predicted molar refractivity (Wildman–Crippen MR) is 67.3 cm³/mol. The Hall–Kier alpha value is -0.340. The van der Waals surface area contributed by atoms with E-state index < -0.39 is 0 Å². The smallest absolute Gasteiger partial charge is 0.0304 e. The second-order valence-corrected chi connectivity index (χ2v) is 5.88. The fraction of sp³-hybridized carbons (Fsp3) is 0.692. The van der Waals surface area contributed by atoms with Gasteiger partial charge in [0, 0.05) is 17.5 Å². The van der Waals surface area contributed by atoms with Crippen LogP contribution in [0.25, 0.3) is 0 Å². The van der Waals surface area contributed by atoms with Gasteiger partial charge in [-0.3, -0.25) is 0 Å². The van der Waals surface area contributed by atoms with Crippen LogP contribution in [0.1, 0.15) is 43.0 Å². The molecule has 0 aliphatic heterocycles.